The summed E-state index contributed by atoms with van der Waals surface area (Å²) in [7, 11) is -3.85. The van der Waals surface area contributed by atoms with Crippen molar-refractivity contribution in [3.05, 3.63) is 75.9 Å². The van der Waals surface area contributed by atoms with Gasteiger partial charge in [-0.05, 0) is 55.2 Å². The van der Waals surface area contributed by atoms with Gasteiger partial charge >= 0.3 is 11.6 Å². The summed E-state index contributed by atoms with van der Waals surface area (Å²) in [5.74, 6) is -1.69. The van der Waals surface area contributed by atoms with E-state index in [-0.39, 0.29) is 24.6 Å². The molecule has 0 radical (unpaired) electrons. The average Bonchev–Trinajstić information content (AvgIpc) is 2.82. The largest absolute Gasteiger partial charge is 0.461 e. The van der Waals surface area contributed by atoms with Gasteiger partial charge in [-0.1, -0.05) is 19.1 Å². The Morgan fingerprint density at radius 1 is 1.18 bits per heavy atom. The highest BCUT2D eigenvalue weighted by Crippen LogP contribution is 2.26. The molecular weight excluding hydrogens is 449 g/mol. The number of nitrogens with zero attached hydrogens (tertiary/aromatic N) is 1. The molecular formula is C24H24FNO6S. The number of hydrogen-bond acceptors (Lipinski definition) is 6. The van der Waals surface area contributed by atoms with E-state index in [4.69, 9.17) is 9.15 Å². The molecule has 1 unspecified atom stereocenters. The Balaban J connectivity index is 1.47. The van der Waals surface area contributed by atoms with E-state index in [2.05, 4.69) is 0 Å². The minimum absolute atomic E-state index is 0.0178. The van der Waals surface area contributed by atoms with E-state index in [0.29, 0.717) is 29.4 Å². The fourth-order valence-corrected chi connectivity index (χ4v) is 5.51. The smallest absolute Gasteiger partial charge is 0.336 e. The SMILES string of the molecule is CCc1ccc2c(COC(=O)C3CCCN(S(=O)(=O)c4ccc(F)cc4)C3)cc(=O)oc2c1. The Bertz CT molecular complexity index is 1330. The van der Waals surface area contributed by atoms with E-state index in [1.807, 2.05) is 19.1 Å². The van der Waals surface area contributed by atoms with Gasteiger partial charge in [0, 0.05) is 30.1 Å². The second-order valence-electron chi connectivity index (χ2n) is 8.04. The molecule has 0 N–H and O–H groups in total. The first kappa shape index (κ1) is 23.1. The van der Waals surface area contributed by atoms with Crippen LogP contribution in [0.3, 0.4) is 0 Å². The quantitative estimate of drug-likeness (QED) is 0.401. The van der Waals surface area contributed by atoms with Gasteiger partial charge in [-0.25, -0.2) is 17.6 Å². The van der Waals surface area contributed by atoms with Gasteiger partial charge in [0.2, 0.25) is 10.0 Å². The van der Waals surface area contributed by atoms with Gasteiger partial charge in [-0.2, -0.15) is 4.31 Å². The molecule has 4 rings (SSSR count). The van der Waals surface area contributed by atoms with Crippen LogP contribution in [0.25, 0.3) is 11.0 Å². The van der Waals surface area contributed by atoms with Crippen molar-refractivity contribution in [3.63, 3.8) is 0 Å². The number of esters is 1. The maximum Gasteiger partial charge on any atom is 0.336 e. The zero-order chi connectivity index (χ0) is 23.6. The van der Waals surface area contributed by atoms with Gasteiger partial charge in [0.25, 0.3) is 0 Å². The van der Waals surface area contributed by atoms with Crippen molar-refractivity contribution in [2.24, 2.45) is 5.92 Å². The summed E-state index contributed by atoms with van der Waals surface area (Å²) >= 11 is 0. The summed E-state index contributed by atoms with van der Waals surface area (Å²) < 4.78 is 50.9. The topological polar surface area (TPSA) is 93.9 Å². The molecule has 0 aliphatic carbocycles. The normalized spacial score (nSPS) is 17.2. The van der Waals surface area contributed by atoms with E-state index < -0.39 is 33.4 Å². The van der Waals surface area contributed by atoms with Gasteiger partial charge in [0.1, 0.15) is 18.0 Å². The predicted molar refractivity (Wildman–Crippen MR) is 120 cm³/mol. The van der Waals surface area contributed by atoms with Gasteiger partial charge < -0.3 is 9.15 Å². The highest BCUT2D eigenvalue weighted by Gasteiger charge is 2.34. The number of piperidine rings is 1. The van der Waals surface area contributed by atoms with Crippen LogP contribution in [0.1, 0.15) is 30.9 Å². The molecule has 174 valence electrons. The van der Waals surface area contributed by atoms with Gasteiger partial charge in [-0.15, -0.1) is 0 Å². The van der Waals surface area contributed by atoms with Crippen LogP contribution in [0.2, 0.25) is 0 Å². The molecule has 1 saturated heterocycles. The lowest BCUT2D eigenvalue weighted by atomic mass is 10.00. The van der Waals surface area contributed by atoms with E-state index in [0.717, 1.165) is 24.1 Å². The van der Waals surface area contributed by atoms with E-state index >= 15 is 0 Å². The Hall–Kier alpha value is -3.04. The van der Waals surface area contributed by atoms with Crippen molar-refractivity contribution in [2.45, 2.75) is 37.7 Å². The molecule has 1 fully saturated rings. The zero-order valence-corrected chi connectivity index (χ0v) is 18.9. The third-order valence-corrected chi connectivity index (χ3v) is 7.72. The Kier molecular flexibility index (Phi) is 6.62. The lowest BCUT2D eigenvalue weighted by Crippen LogP contribution is -2.42. The third-order valence-electron chi connectivity index (χ3n) is 5.84. The number of carbonyl (C=O) groups excluding carboxylic acids is 1. The van der Waals surface area contributed by atoms with Crippen molar-refractivity contribution < 1.29 is 26.8 Å². The number of carbonyl (C=O) groups is 1. The molecule has 7 nitrogen and oxygen atoms in total. The van der Waals surface area contributed by atoms with E-state index in [9.17, 15) is 22.4 Å². The summed E-state index contributed by atoms with van der Waals surface area (Å²) in [6.45, 7) is 2.13. The minimum Gasteiger partial charge on any atom is -0.461 e. The number of hydrogen-bond donors (Lipinski definition) is 0. The maximum atomic E-state index is 13.2. The molecule has 9 heteroatoms. The van der Waals surface area contributed by atoms with Crippen LogP contribution in [-0.4, -0.2) is 31.8 Å². The first-order valence-corrected chi connectivity index (χ1v) is 12.2. The van der Waals surface area contributed by atoms with Crippen molar-refractivity contribution >= 4 is 27.0 Å². The third kappa shape index (κ3) is 4.99. The van der Waals surface area contributed by atoms with Gasteiger partial charge in [-0.3, -0.25) is 4.79 Å². The standard InChI is InChI=1S/C24H24FNO6S/c1-2-16-5-10-21-18(13-23(27)32-22(21)12-16)15-31-24(28)17-4-3-11-26(14-17)33(29,30)20-8-6-19(25)7-9-20/h5-10,12-13,17H,2-4,11,14-15H2,1H3. The molecule has 3 aromatic rings. The molecule has 0 amide bonds. The Morgan fingerprint density at radius 2 is 1.94 bits per heavy atom. The van der Waals surface area contributed by atoms with Crippen molar-refractivity contribution in [2.75, 3.05) is 13.1 Å². The average molecular weight is 474 g/mol. The molecule has 1 atom stereocenters. The van der Waals surface area contributed by atoms with Crippen molar-refractivity contribution in [1.29, 1.82) is 0 Å². The molecule has 1 aliphatic heterocycles. The number of ether oxygens (including phenoxy) is 1. The molecule has 1 aromatic heterocycles. The molecule has 1 aliphatic rings. The second kappa shape index (κ2) is 9.44. The summed E-state index contributed by atoms with van der Waals surface area (Å²) in [6.07, 6.45) is 1.78. The Morgan fingerprint density at radius 3 is 2.67 bits per heavy atom. The molecule has 0 spiro atoms. The van der Waals surface area contributed by atoms with E-state index in [1.54, 1.807) is 6.07 Å². The fourth-order valence-electron chi connectivity index (χ4n) is 3.99. The number of sulfonamides is 1. The highest BCUT2D eigenvalue weighted by atomic mass is 32.2. The fraction of sp³-hybridized carbons (Fsp3) is 0.333. The second-order valence-corrected chi connectivity index (χ2v) is 9.98. The van der Waals surface area contributed by atoms with Crippen LogP contribution in [0, 0.1) is 11.7 Å². The lowest BCUT2D eigenvalue weighted by molar-refractivity contribution is -0.151. The highest BCUT2D eigenvalue weighted by molar-refractivity contribution is 7.89. The minimum atomic E-state index is -3.85. The van der Waals surface area contributed by atoms with E-state index in [1.165, 1.54) is 22.5 Å². The number of aryl methyl sites for hydroxylation is 1. The van der Waals surface area contributed by atoms with Crippen LogP contribution in [-0.2, 0) is 32.6 Å². The van der Waals surface area contributed by atoms with Crippen molar-refractivity contribution in [1.82, 2.24) is 4.31 Å². The summed E-state index contributed by atoms with van der Waals surface area (Å²) in [4.78, 5) is 24.7. The maximum absolute atomic E-state index is 13.2. The van der Waals surface area contributed by atoms with Crippen LogP contribution >= 0.6 is 0 Å². The molecule has 0 saturated carbocycles. The summed E-state index contributed by atoms with van der Waals surface area (Å²) in [6, 6.07) is 11.4. The number of fused-ring (bicyclic) bond motifs is 1. The van der Waals surface area contributed by atoms with Crippen LogP contribution < -0.4 is 5.63 Å². The summed E-state index contributed by atoms with van der Waals surface area (Å²) in [5.41, 5.74) is 1.45. The predicted octanol–water partition coefficient (Wildman–Crippen LogP) is 3.64. The molecule has 33 heavy (non-hydrogen) atoms. The lowest BCUT2D eigenvalue weighted by Gasteiger charge is -2.30. The molecule has 2 heterocycles. The number of halogens is 1. The number of rotatable bonds is 6. The first-order valence-electron chi connectivity index (χ1n) is 10.8. The number of benzene rings is 2. The van der Waals surface area contributed by atoms with Gasteiger partial charge in [0.15, 0.2) is 0 Å². The Labute approximate surface area is 190 Å². The monoisotopic (exact) mass is 473 g/mol. The first-order chi connectivity index (χ1) is 15.8. The van der Waals surface area contributed by atoms with Crippen LogP contribution in [0.4, 0.5) is 4.39 Å². The summed E-state index contributed by atoms with van der Waals surface area (Å²) in [5, 5.41) is 0.684. The van der Waals surface area contributed by atoms with Crippen LogP contribution in [0.5, 0.6) is 0 Å². The molecule has 2 aromatic carbocycles. The molecule has 0 bridgehead atoms. The van der Waals surface area contributed by atoms with Crippen molar-refractivity contribution in [3.8, 4) is 0 Å². The van der Waals surface area contributed by atoms with Crippen LogP contribution in [0.15, 0.2) is 62.6 Å². The van der Waals surface area contributed by atoms with Gasteiger partial charge in [0.05, 0.1) is 10.8 Å². The zero-order valence-electron chi connectivity index (χ0n) is 18.1.